The lowest BCUT2D eigenvalue weighted by atomic mass is 9.98. The molecule has 0 unspecified atom stereocenters. The van der Waals surface area contributed by atoms with E-state index in [1.807, 2.05) is 0 Å². The van der Waals surface area contributed by atoms with Crippen molar-refractivity contribution >= 4 is 0 Å². The highest BCUT2D eigenvalue weighted by molar-refractivity contribution is 5.23. The van der Waals surface area contributed by atoms with Crippen LogP contribution >= 0.6 is 0 Å². The van der Waals surface area contributed by atoms with Crippen molar-refractivity contribution in [3.05, 3.63) is 35.4 Å². The molecule has 112 valence electrons. The van der Waals surface area contributed by atoms with Crippen LogP contribution in [0.1, 0.15) is 63.9 Å². The number of rotatable bonds is 6. The van der Waals surface area contributed by atoms with E-state index in [0.717, 1.165) is 25.0 Å². The van der Waals surface area contributed by atoms with Gasteiger partial charge in [-0.15, -0.1) is 0 Å². The van der Waals surface area contributed by atoms with Crippen LogP contribution < -0.4 is 0 Å². The molecule has 1 aliphatic rings. The van der Waals surface area contributed by atoms with Gasteiger partial charge in [-0.2, -0.15) is 0 Å². The Balaban J connectivity index is 1.97. The van der Waals surface area contributed by atoms with E-state index < -0.39 is 0 Å². The minimum atomic E-state index is -0.177. The molecule has 0 saturated carbocycles. The van der Waals surface area contributed by atoms with Gasteiger partial charge in [0.25, 0.3) is 0 Å². The number of ether oxygens (including phenoxy) is 2. The molecule has 0 N–H and O–H groups in total. The molecule has 3 atom stereocenters. The highest BCUT2D eigenvalue weighted by Crippen LogP contribution is 2.31. The van der Waals surface area contributed by atoms with E-state index in [1.54, 1.807) is 0 Å². The number of hydrogen-bond donors (Lipinski definition) is 0. The fourth-order valence-electron chi connectivity index (χ4n) is 2.74. The molecular formula is C18H28O2. The Labute approximate surface area is 123 Å². The van der Waals surface area contributed by atoms with Crippen LogP contribution in [0.2, 0.25) is 0 Å². The minimum Gasteiger partial charge on any atom is -0.348 e. The van der Waals surface area contributed by atoms with E-state index >= 15 is 0 Å². The standard InChI is InChI=1S/C18H28O2/c1-4-6-8-17-14(3)13-19-18(20-17)16-11-9-15(7-5-2)10-12-16/h9-12,14,17-18H,4-8,13H2,1-3H3/t14-,17+,18+/m0/s1. The summed E-state index contributed by atoms with van der Waals surface area (Å²) in [5, 5.41) is 0. The van der Waals surface area contributed by atoms with Crippen LogP contribution in [-0.4, -0.2) is 12.7 Å². The topological polar surface area (TPSA) is 18.5 Å². The third-order valence-electron chi connectivity index (χ3n) is 4.08. The summed E-state index contributed by atoms with van der Waals surface area (Å²) in [6.07, 6.45) is 6.09. The zero-order valence-electron chi connectivity index (χ0n) is 13.1. The van der Waals surface area contributed by atoms with Crippen molar-refractivity contribution in [2.24, 2.45) is 5.92 Å². The Morgan fingerprint density at radius 3 is 2.50 bits per heavy atom. The summed E-state index contributed by atoms with van der Waals surface area (Å²) in [6, 6.07) is 8.71. The van der Waals surface area contributed by atoms with E-state index in [-0.39, 0.29) is 6.29 Å². The second-order valence-electron chi connectivity index (χ2n) is 5.95. The zero-order valence-corrected chi connectivity index (χ0v) is 13.1. The van der Waals surface area contributed by atoms with E-state index in [9.17, 15) is 0 Å². The lowest BCUT2D eigenvalue weighted by molar-refractivity contribution is -0.239. The molecule has 0 spiro atoms. The van der Waals surface area contributed by atoms with Crippen molar-refractivity contribution in [1.82, 2.24) is 0 Å². The first-order chi connectivity index (χ1) is 9.74. The van der Waals surface area contributed by atoms with Crippen LogP contribution in [-0.2, 0) is 15.9 Å². The highest BCUT2D eigenvalue weighted by Gasteiger charge is 2.29. The molecule has 0 aromatic heterocycles. The Bertz CT molecular complexity index is 385. The fourth-order valence-corrected chi connectivity index (χ4v) is 2.74. The molecule has 2 heteroatoms. The fraction of sp³-hybridized carbons (Fsp3) is 0.667. The summed E-state index contributed by atoms with van der Waals surface area (Å²) >= 11 is 0. The third kappa shape index (κ3) is 4.07. The predicted molar refractivity (Wildman–Crippen MR) is 82.7 cm³/mol. The normalized spacial score (nSPS) is 26.6. The summed E-state index contributed by atoms with van der Waals surface area (Å²) < 4.78 is 12.0. The predicted octanol–water partition coefficient (Wildman–Crippen LogP) is 4.88. The first-order valence-electron chi connectivity index (χ1n) is 8.10. The number of unbranched alkanes of at least 4 members (excludes halogenated alkanes) is 1. The second-order valence-corrected chi connectivity index (χ2v) is 5.95. The Morgan fingerprint density at radius 2 is 1.85 bits per heavy atom. The molecule has 0 bridgehead atoms. The van der Waals surface area contributed by atoms with Gasteiger partial charge >= 0.3 is 0 Å². The molecule has 1 aromatic rings. The minimum absolute atomic E-state index is 0.177. The molecule has 1 saturated heterocycles. The molecule has 0 amide bonds. The molecule has 2 rings (SSSR count). The van der Waals surface area contributed by atoms with Gasteiger partial charge in [0.15, 0.2) is 6.29 Å². The number of benzene rings is 1. The van der Waals surface area contributed by atoms with E-state index in [4.69, 9.17) is 9.47 Å². The maximum absolute atomic E-state index is 6.16. The van der Waals surface area contributed by atoms with Gasteiger partial charge in [0, 0.05) is 11.5 Å². The summed E-state index contributed by atoms with van der Waals surface area (Å²) in [4.78, 5) is 0. The second kappa shape index (κ2) is 7.80. The zero-order chi connectivity index (χ0) is 14.4. The molecule has 0 radical (unpaired) electrons. The smallest absolute Gasteiger partial charge is 0.184 e. The summed E-state index contributed by atoms with van der Waals surface area (Å²) in [5.74, 6) is 0.497. The van der Waals surface area contributed by atoms with Gasteiger partial charge in [-0.1, -0.05) is 64.3 Å². The van der Waals surface area contributed by atoms with Crippen molar-refractivity contribution in [2.75, 3.05) is 6.61 Å². The Morgan fingerprint density at radius 1 is 1.10 bits per heavy atom. The number of aryl methyl sites for hydroxylation is 1. The van der Waals surface area contributed by atoms with Crippen LogP contribution in [0.15, 0.2) is 24.3 Å². The third-order valence-corrected chi connectivity index (χ3v) is 4.08. The maximum Gasteiger partial charge on any atom is 0.184 e. The first-order valence-corrected chi connectivity index (χ1v) is 8.10. The van der Waals surface area contributed by atoms with Crippen molar-refractivity contribution < 1.29 is 9.47 Å². The van der Waals surface area contributed by atoms with Crippen molar-refractivity contribution in [3.63, 3.8) is 0 Å². The van der Waals surface area contributed by atoms with Gasteiger partial charge in [0.1, 0.15) is 0 Å². The average molecular weight is 276 g/mol. The molecule has 1 aromatic carbocycles. The highest BCUT2D eigenvalue weighted by atomic mass is 16.7. The summed E-state index contributed by atoms with van der Waals surface area (Å²) in [6.45, 7) is 7.46. The van der Waals surface area contributed by atoms with Crippen molar-refractivity contribution in [3.8, 4) is 0 Å². The monoisotopic (exact) mass is 276 g/mol. The number of hydrogen-bond acceptors (Lipinski definition) is 2. The van der Waals surface area contributed by atoms with Crippen LogP contribution in [0.25, 0.3) is 0 Å². The average Bonchev–Trinajstić information content (AvgIpc) is 2.48. The first kappa shape index (κ1) is 15.5. The van der Waals surface area contributed by atoms with Gasteiger partial charge in [0.05, 0.1) is 12.7 Å². The molecule has 1 fully saturated rings. The van der Waals surface area contributed by atoms with E-state index in [2.05, 4.69) is 45.0 Å². The quantitative estimate of drug-likeness (QED) is 0.737. The van der Waals surface area contributed by atoms with Crippen LogP contribution in [0.5, 0.6) is 0 Å². The van der Waals surface area contributed by atoms with E-state index in [1.165, 1.54) is 24.8 Å². The van der Waals surface area contributed by atoms with E-state index in [0.29, 0.717) is 12.0 Å². The van der Waals surface area contributed by atoms with Crippen LogP contribution in [0, 0.1) is 5.92 Å². The van der Waals surface area contributed by atoms with Gasteiger partial charge in [-0.25, -0.2) is 0 Å². The molecule has 0 aliphatic carbocycles. The maximum atomic E-state index is 6.16. The molecular weight excluding hydrogens is 248 g/mol. The van der Waals surface area contributed by atoms with Crippen molar-refractivity contribution in [1.29, 1.82) is 0 Å². The SMILES string of the molecule is CCCC[C@H]1O[C@H](c2ccc(CCC)cc2)OC[C@@H]1C. The summed E-state index contributed by atoms with van der Waals surface area (Å²) in [5.41, 5.74) is 2.54. The van der Waals surface area contributed by atoms with Crippen LogP contribution in [0.4, 0.5) is 0 Å². The lowest BCUT2D eigenvalue weighted by Crippen LogP contribution is -2.34. The Kier molecular flexibility index (Phi) is 6.06. The molecule has 1 aliphatic heterocycles. The Hall–Kier alpha value is -0.860. The van der Waals surface area contributed by atoms with Gasteiger partial charge in [-0.05, 0) is 18.4 Å². The largest absolute Gasteiger partial charge is 0.348 e. The van der Waals surface area contributed by atoms with Gasteiger partial charge < -0.3 is 9.47 Å². The van der Waals surface area contributed by atoms with Gasteiger partial charge in [-0.3, -0.25) is 0 Å². The summed E-state index contributed by atoms with van der Waals surface area (Å²) in [7, 11) is 0. The molecule has 20 heavy (non-hydrogen) atoms. The van der Waals surface area contributed by atoms with Gasteiger partial charge in [0.2, 0.25) is 0 Å². The van der Waals surface area contributed by atoms with Crippen molar-refractivity contribution in [2.45, 2.75) is 65.3 Å². The van der Waals surface area contributed by atoms with Crippen LogP contribution in [0.3, 0.4) is 0 Å². The lowest BCUT2D eigenvalue weighted by Gasteiger charge is -2.35. The molecule has 1 heterocycles. The molecule has 2 nitrogen and oxygen atoms in total.